The number of aromatic nitrogens is 2. The predicted molar refractivity (Wildman–Crippen MR) is 80.0 cm³/mol. The molecule has 1 fully saturated rings. The molecule has 0 radical (unpaired) electrons. The van der Waals surface area contributed by atoms with Gasteiger partial charge in [0.25, 0.3) is 5.91 Å². The topological polar surface area (TPSA) is 92.3 Å². The minimum absolute atomic E-state index is 0.0928. The van der Waals surface area contributed by atoms with Gasteiger partial charge in [-0.25, -0.2) is 8.42 Å². The summed E-state index contributed by atoms with van der Waals surface area (Å²) in [5.74, 6) is 0.571. The third-order valence-corrected chi connectivity index (χ3v) is 5.16. The number of amides is 1. The van der Waals surface area contributed by atoms with Crippen molar-refractivity contribution in [3.63, 3.8) is 0 Å². The third-order valence-electron chi connectivity index (χ3n) is 3.41. The molecule has 2 heterocycles. The van der Waals surface area contributed by atoms with Crippen molar-refractivity contribution in [2.75, 3.05) is 30.0 Å². The quantitative estimate of drug-likeness (QED) is 0.771. The summed E-state index contributed by atoms with van der Waals surface area (Å²) in [5, 5.41) is 10.5. The Kier molecular flexibility index (Phi) is 4.56. The number of hydrogen-bond donors (Lipinski definition) is 1. The molecule has 1 aromatic rings. The predicted octanol–water partition coefficient (Wildman–Crippen LogP) is 0.0157. The molecule has 7 nitrogen and oxygen atoms in total. The standard InChI is InChI=1S/C13H18N4O3S/c1-3-7-14-13(18)11-4-5-12(16-15-11)17(2)10-6-8-21(19,20)9-10/h3-5,10H,1,6-9H2,2H3,(H,14,18). The van der Waals surface area contributed by atoms with Crippen LogP contribution in [-0.4, -0.2) is 55.7 Å². The molecule has 0 spiro atoms. The molecular formula is C13H18N4O3S. The number of nitrogens with zero attached hydrogens (tertiary/aromatic N) is 3. The van der Waals surface area contributed by atoms with Gasteiger partial charge in [0, 0.05) is 19.6 Å². The normalized spacial score (nSPS) is 20.0. The van der Waals surface area contributed by atoms with Gasteiger partial charge in [-0.15, -0.1) is 16.8 Å². The van der Waals surface area contributed by atoms with E-state index in [-0.39, 0.29) is 29.1 Å². The zero-order chi connectivity index (χ0) is 15.5. The number of nitrogens with one attached hydrogen (secondary N) is 1. The molecule has 1 aliphatic heterocycles. The number of hydrogen-bond acceptors (Lipinski definition) is 6. The fourth-order valence-electron chi connectivity index (χ4n) is 2.16. The van der Waals surface area contributed by atoms with Gasteiger partial charge in [-0.05, 0) is 18.6 Å². The summed E-state index contributed by atoms with van der Waals surface area (Å²) in [6, 6.07) is 3.14. The molecule has 0 aliphatic carbocycles. The van der Waals surface area contributed by atoms with E-state index in [4.69, 9.17) is 0 Å². The number of carbonyl (C=O) groups excluding carboxylic acids is 1. The van der Waals surface area contributed by atoms with Crippen LogP contribution >= 0.6 is 0 Å². The highest BCUT2D eigenvalue weighted by Gasteiger charge is 2.31. The summed E-state index contributed by atoms with van der Waals surface area (Å²) in [6.45, 7) is 3.88. The largest absolute Gasteiger partial charge is 0.354 e. The van der Waals surface area contributed by atoms with E-state index in [9.17, 15) is 13.2 Å². The third kappa shape index (κ3) is 3.78. The van der Waals surface area contributed by atoms with E-state index in [0.717, 1.165) is 0 Å². The first-order valence-corrected chi connectivity index (χ1v) is 8.41. The van der Waals surface area contributed by atoms with Gasteiger partial charge in [0.1, 0.15) is 0 Å². The molecule has 114 valence electrons. The minimum Gasteiger partial charge on any atom is -0.354 e. The molecule has 21 heavy (non-hydrogen) atoms. The highest BCUT2D eigenvalue weighted by molar-refractivity contribution is 7.91. The van der Waals surface area contributed by atoms with Gasteiger partial charge >= 0.3 is 0 Å². The van der Waals surface area contributed by atoms with Gasteiger partial charge in [0.05, 0.1) is 11.5 Å². The first-order chi connectivity index (χ1) is 9.93. The summed E-state index contributed by atoms with van der Waals surface area (Å²) in [6.07, 6.45) is 2.16. The van der Waals surface area contributed by atoms with E-state index < -0.39 is 9.84 Å². The summed E-state index contributed by atoms with van der Waals surface area (Å²) >= 11 is 0. The van der Waals surface area contributed by atoms with Gasteiger partial charge in [0.15, 0.2) is 21.3 Å². The zero-order valence-corrected chi connectivity index (χ0v) is 12.6. The lowest BCUT2D eigenvalue weighted by atomic mass is 10.2. The van der Waals surface area contributed by atoms with Crippen LogP contribution in [0, 0.1) is 0 Å². The number of carbonyl (C=O) groups is 1. The molecule has 0 bridgehead atoms. The van der Waals surface area contributed by atoms with E-state index in [0.29, 0.717) is 18.8 Å². The van der Waals surface area contributed by atoms with E-state index in [2.05, 4.69) is 22.1 Å². The van der Waals surface area contributed by atoms with Gasteiger partial charge in [-0.2, -0.15) is 0 Å². The first kappa shape index (κ1) is 15.4. The average molecular weight is 310 g/mol. The maximum atomic E-state index is 11.7. The summed E-state index contributed by atoms with van der Waals surface area (Å²) in [7, 11) is -1.16. The van der Waals surface area contributed by atoms with Crippen LogP contribution in [0.2, 0.25) is 0 Å². The van der Waals surface area contributed by atoms with Crippen molar-refractivity contribution < 1.29 is 13.2 Å². The number of sulfone groups is 1. The zero-order valence-electron chi connectivity index (χ0n) is 11.8. The van der Waals surface area contributed by atoms with Crippen LogP contribution in [0.3, 0.4) is 0 Å². The maximum absolute atomic E-state index is 11.7. The van der Waals surface area contributed by atoms with Crippen LogP contribution < -0.4 is 10.2 Å². The summed E-state index contributed by atoms with van der Waals surface area (Å²) in [4.78, 5) is 13.5. The first-order valence-electron chi connectivity index (χ1n) is 6.59. The SMILES string of the molecule is C=CCNC(=O)c1ccc(N(C)C2CCS(=O)(=O)C2)nn1. The fourth-order valence-corrected chi connectivity index (χ4v) is 3.93. The second-order valence-corrected chi connectivity index (χ2v) is 7.17. The van der Waals surface area contributed by atoms with Gasteiger partial charge in [0.2, 0.25) is 0 Å². The molecule has 2 rings (SSSR count). The molecule has 1 saturated heterocycles. The van der Waals surface area contributed by atoms with E-state index in [1.807, 2.05) is 0 Å². The Morgan fingerprint density at radius 3 is 2.81 bits per heavy atom. The second kappa shape index (κ2) is 6.21. The summed E-state index contributed by atoms with van der Waals surface area (Å²) in [5.41, 5.74) is 0.216. The number of anilines is 1. The van der Waals surface area contributed by atoms with Crippen molar-refractivity contribution in [3.8, 4) is 0 Å². The van der Waals surface area contributed by atoms with Crippen molar-refractivity contribution in [2.45, 2.75) is 12.5 Å². The Morgan fingerprint density at radius 1 is 1.52 bits per heavy atom. The summed E-state index contributed by atoms with van der Waals surface area (Å²) < 4.78 is 23.0. The van der Waals surface area contributed by atoms with Crippen LogP contribution in [0.25, 0.3) is 0 Å². The molecule has 0 aromatic carbocycles. The van der Waals surface area contributed by atoms with E-state index >= 15 is 0 Å². The minimum atomic E-state index is -2.94. The monoisotopic (exact) mass is 310 g/mol. The van der Waals surface area contributed by atoms with Gasteiger partial charge in [-0.3, -0.25) is 4.79 Å². The lowest BCUT2D eigenvalue weighted by Crippen LogP contribution is -2.33. The second-order valence-electron chi connectivity index (χ2n) is 4.94. The van der Waals surface area contributed by atoms with Crippen molar-refractivity contribution in [1.29, 1.82) is 0 Å². The van der Waals surface area contributed by atoms with Gasteiger partial charge in [-0.1, -0.05) is 6.08 Å². The van der Waals surface area contributed by atoms with E-state index in [1.54, 1.807) is 30.2 Å². The Morgan fingerprint density at radius 2 is 2.29 bits per heavy atom. The van der Waals surface area contributed by atoms with Crippen LogP contribution in [0.4, 0.5) is 5.82 Å². The maximum Gasteiger partial charge on any atom is 0.272 e. The van der Waals surface area contributed by atoms with Crippen molar-refractivity contribution in [2.24, 2.45) is 0 Å². The highest BCUT2D eigenvalue weighted by Crippen LogP contribution is 2.20. The Labute approximate surface area is 124 Å². The fraction of sp³-hybridized carbons (Fsp3) is 0.462. The molecular weight excluding hydrogens is 292 g/mol. The van der Waals surface area contributed by atoms with Crippen molar-refractivity contribution in [3.05, 3.63) is 30.5 Å². The smallest absolute Gasteiger partial charge is 0.272 e. The van der Waals surface area contributed by atoms with Gasteiger partial charge < -0.3 is 10.2 Å². The van der Waals surface area contributed by atoms with Crippen LogP contribution in [0.5, 0.6) is 0 Å². The van der Waals surface area contributed by atoms with Crippen LogP contribution in [-0.2, 0) is 9.84 Å². The lowest BCUT2D eigenvalue weighted by molar-refractivity contribution is 0.0952. The highest BCUT2D eigenvalue weighted by atomic mass is 32.2. The van der Waals surface area contributed by atoms with Crippen molar-refractivity contribution in [1.82, 2.24) is 15.5 Å². The van der Waals surface area contributed by atoms with Crippen LogP contribution in [0.15, 0.2) is 24.8 Å². The molecule has 0 saturated carbocycles. The molecule has 8 heteroatoms. The Hall–Kier alpha value is -1.96. The average Bonchev–Trinajstić information content (AvgIpc) is 2.84. The number of rotatable bonds is 5. The molecule has 1 unspecified atom stereocenters. The molecule has 1 atom stereocenters. The van der Waals surface area contributed by atoms with Crippen LogP contribution in [0.1, 0.15) is 16.9 Å². The Balaban J connectivity index is 2.05. The molecule has 1 aliphatic rings. The Bertz CT molecular complexity index is 627. The molecule has 1 N–H and O–H groups in total. The van der Waals surface area contributed by atoms with Crippen molar-refractivity contribution >= 4 is 21.6 Å². The molecule has 1 aromatic heterocycles. The lowest BCUT2D eigenvalue weighted by Gasteiger charge is -2.23. The molecule has 1 amide bonds. The van der Waals surface area contributed by atoms with E-state index in [1.165, 1.54) is 0 Å².